The summed E-state index contributed by atoms with van der Waals surface area (Å²) >= 11 is 0. The highest BCUT2D eigenvalue weighted by atomic mass is 16.5. The summed E-state index contributed by atoms with van der Waals surface area (Å²) in [4.78, 5) is 14.2. The van der Waals surface area contributed by atoms with Crippen molar-refractivity contribution in [2.24, 2.45) is 0 Å². The fourth-order valence-corrected chi connectivity index (χ4v) is 3.13. The lowest BCUT2D eigenvalue weighted by Gasteiger charge is -2.27. The van der Waals surface area contributed by atoms with Gasteiger partial charge in [0, 0.05) is 26.1 Å². The fraction of sp³-hybridized carbons (Fsp3) is 0.381. The molecule has 1 N–H and O–H groups in total. The second-order valence-electron chi connectivity index (χ2n) is 6.45. The smallest absolute Gasteiger partial charge is 0.224 e. The van der Waals surface area contributed by atoms with Crippen LogP contribution in [-0.4, -0.2) is 43.7 Å². The lowest BCUT2D eigenvalue weighted by atomic mass is 9.98. The first-order chi connectivity index (χ1) is 12.2. The zero-order chi connectivity index (χ0) is 17.5. The minimum Gasteiger partial charge on any atom is -0.378 e. The first-order valence-electron chi connectivity index (χ1n) is 8.94. The van der Waals surface area contributed by atoms with Gasteiger partial charge in [-0.15, -0.1) is 0 Å². The maximum Gasteiger partial charge on any atom is 0.224 e. The SMILES string of the molecule is Cc1ccc(C(NCCC(=O)N2CCOCC2)c2ccccc2)cc1. The summed E-state index contributed by atoms with van der Waals surface area (Å²) in [7, 11) is 0. The lowest BCUT2D eigenvalue weighted by molar-refractivity contribution is -0.135. The second-order valence-corrected chi connectivity index (χ2v) is 6.45. The van der Waals surface area contributed by atoms with Crippen molar-refractivity contribution in [1.82, 2.24) is 10.2 Å². The molecule has 0 bridgehead atoms. The number of ether oxygens (including phenoxy) is 1. The van der Waals surface area contributed by atoms with Crippen molar-refractivity contribution < 1.29 is 9.53 Å². The van der Waals surface area contributed by atoms with E-state index in [4.69, 9.17) is 4.74 Å². The quantitative estimate of drug-likeness (QED) is 0.880. The topological polar surface area (TPSA) is 41.6 Å². The van der Waals surface area contributed by atoms with Crippen LogP contribution < -0.4 is 5.32 Å². The van der Waals surface area contributed by atoms with Crippen molar-refractivity contribution in [1.29, 1.82) is 0 Å². The number of carbonyl (C=O) groups excluding carboxylic acids is 1. The van der Waals surface area contributed by atoms with Crippen molar-refractivity contribution in [3.05, 3.63) is 71.3 Å². The number of hydrogen-bond donors (Lipinski definition) is 1. The highest BCUT2D eigenvalue weighted by Crippen LogP contribution is 2.22. The summed E-state index contributed by atoms with van der Waals surface area (Å²) in [5.41, 5.74) is 3.68. The molecule has 1 heterocycles. The minimum absolute atomic E-state index is 0.0966. The van der Waals surface area contributed by atoms with Gasteiger partial charge < -0.3 is 15.0 Å². The highest BCUT2D eigenvalue weighted by Gasteiger charge is 2.18. The molecule has 1 aliphatic heterocycles. The van der Waals surface area contributed by atoms with E-state index in [1.54, 1.807) is 0 Å². The summed E-state index contributed by atoms with van der Waals surface area (Å²) in [5, 5.41) is 3.56. The van der Waals surface area contributed by atoms with Gasteiger partial charge in [-0.25, -0.2) is 0 Å². The Morgan fingerprint density at radius 1 is 1.04 bits per heavy atom. The summed E-state index contributed by atoms with van der Waals surface area (Å²) in [6, 6.07) is 19.1. The van der Waals surface area contributed by atoms with Gasteiger partial charge in [-0.2, -0.15) is 0 Å². The van der Waals surface area contributed by atoms with E-state index in [-0.39, 0.29) is 11.9 Å². The van der Waals surface area contributed by atoms with Crippen LogP contribution in [0.4, 0.5) is 0 Å². The standard InChI is InChI=1S/C21H26N2O2/c1-17-7-9-19(10-8-17)21(18-5-3-2-4-6-18)22-12-11-20(24)23-13-15-25-16-14-23/h2-10,21-22H,11-16H2,1H3. The van der Waals surface area contributed by atoms with Gasteiger partial charge in [-0.3, -0.25) is 4.79 Å². The van der Waals surface area contributed by atoms with Gasteiger partial charge in [0.05, 0.1) is 19.3 Å². The van der Waals surface area contributed by atoms with Gasteiger partial charge in [0.2, 0.25) is 5.91 Å². The molecule has 0 saturated carbocycles. The number of aryl methyl sites for hydroxylation is 1. The number of rotatable bonds is 6. The number of amides is 1. The molecule has 1 aliphatic rings. The number of benzene rings is 2. The molecule has 1 atom stereocenters. The molecule has 1 amide bonds. The zero-order valence-corrected chi connectivity index (χ0v) is 14.8. The van der Waals surface area contributed by atoms with E-state index in [2.05, 4.69) is 60.8 Å². The maximum atomic E-state index is 12.3. The molecule has 2 aromatic carbocycles. The van der Waals surface area contributed by atoms with Gasteiger partial charge in [-0.1, -0.05) is 60.2 Å². The third-order valence-corrected chi connectivity index (χ3v) is 4.59. The average molecular weight is 338 g/mol. The molecule has 3 rings (SSSR count). The van der Waals surface area contributed by atoms with Crippen molar-refractivity contribution in [2.45, 2.75) is 19.4 Å². The first-order valence-corrected chi connectivity index (χ1v) is 8.94. The molecule has 1 saturated heterocycles. The molecule has 1 fully saturated rings. The van der Waals surface area contributed by atoms with Crippen LogP contribution in [0.3, 0.4) is 0 Å². The van der Waals surface area contributed by atoms with Gasteiger partial charge in [0.25, 0.3) is 0 Å². The van der Waals surface area contributed by atoms with Crippen molar-refractivity contribution in [2.75, 3.05) is 32.8 Å². The van der Waals surface area contributed by atoms with Crippen LogP contribution in [0.1, 0.15) is 29.2 Å². The zero-order valence-electron chi connectivity index (χ0n) is 14.8. The molecule has 0 spiro atoms. The predicted octanol–water partition coefficient (Wildman–Crippen LogP) is 2.92. The number of carbonyl (C=O) groups is 1. The van der Waals surface area contributed by atoms with Gasteiger partial charge >= 0.3 is 0 Å². The summed E-state index contributed by atoms with van der Waals surface area (Å²) < 4.78 is 5.31. The Kier molecular flexibility index (Phi) is 6.20. The molecule has 0 aliphatic carbocycles. The van der Waals surface area contributed by atoms with Gasteiger partial charge in [-0.05, 0) is 18.1 Å². The molecule has 132 valence electrons. The van der Waals surface area contributed by atoms with Crippen LogP contribution in [-0.2, 0) is 9.53 Å². The fourth-order valence-electron chi connectivity index (χ4n) is 3.13. The van der Waals surface area contributed by atoms with E-state index >= 15 is 0 Å². The van der Waals surface area contributed by atoms with Crippen molar-refractivity contribution in [3.8, 4) is 0 Å². The largest absolute Gasteiger partial charge is 0.378 e. The lowest BCUT2D eigenvalue weighted by Crippen LogP contribution is -2.41. The molecule has 2 aromatic rings. The Morgan fingerprint density at radius 3 is 2.36 bits per heavy atom. The number of nitrogens with zero attached hydrogens (tertiary/aromatic N) is 1. The normalized spacial score (nSPS) is 15.8. The summed E-state index contributed by atoms with van der Waals surface area (Å²) in [6.07, 6.45) is 0.509. The molecule has 0 aromatic heterocycles. The van der Waals surface area contributed by atoms with E-state index in [0.29, 0.717) is 39.3 Å². The molecular weight excluding hydrogens is 312 g/mol. The first kappa shape index (κ1) is 17.6. The molecule has 4 heteroatoms. The highest BCUT2D eigenvalue weighted by molar-refractivity contribution is 5.76. The number of hydrogen-bond acceptors (Lipinski definition) is 3. The van der Waals surface area contributed by atoms with Gasteiger partial charge in [0.1, 0.15) is 0 Å². The molecule has 4 nitrogen and oxygen atoms in total. The van der Waals surface area contributed by atoms with Crippen molar-refractivity contribution >= 4 is 5.91 Å². The van der Waals surface area contributed by atoms with Crippen LogP contribution >= 0.6 is 0 Å². The van der Waals surface area contributed by atoms with Crippen LogP contribution in [0, 0.1) is 6.92 Å². The van der Waals surface area contributed by atoms with Crippen LogP contribution in [0.15, 0.2) is 54.6 Å². The average Bonchev–Trinajstić information content (AvgIpc) is 2.67. The van der Waals surface area contributed by atoms with E-state index in [9.17, 15) is 4.79 Å². The van der Waals surface area contributed by atoms with Gasteiger partial charge in [0.15, 0.2) is 0 Å². The molecule has 1 unspecified atom stereocenters. The maximum absolute atomic E-state index is 12.3. The van der Waals surface area contributed by atoms with Crippen LogP contribution in [0.5, 0.6) is 0 Å². The summed E-state index contributed by atoms with van der Waals surface area (Å²) in [5.74, 6) is 0.200. The van der Waals surface area contributed by atoms with E-state index in [1.165, 1.54) is 16.7 Å². The number of nitrogens with one attached hydrogen (secondary N) is 1. The Morgan fingerprint density at radius 2 is 1.68 bits per heavy atom. The van der Waals surface area contributed by atoms with Crippen LogP contribution in [0.2, 0.25) is 0 Å². The Hall–Kier alpha value is -2.17. The van der Waals surface area contributed by atoms with Crippen LogP contribution in [0.25, 0.3) is 0 Å². The molecular formula is C21H26N2O2. The second kappa shape index (κ2) is 8.79. The monoisotopic (exact) mass is 338 g/mol. The van der Waals surface area contributed by atoms with E-state index in [0.717, 1.165) is 0 Å². The third kappa shape index (κ3) is 4.91. The Bertz CT molecular complexity index is 664. The molecule has 25 heavy (non-hydrogen) atoms. The third-order valence-electron chi connectivity index (χ3n) is 4.59. The predicted molar refractivity (Wildman–Crippen MR) is 99.5 cm³/mol. The van der Waals surface area contributed by atoms with Crippen molar-refractivity contribution in [3.63, 3.8) is 0 Å². The summed E-state index contributed by atoms with van der Waals surface area (Å²) in [6.45, 7) is 5.46. The number of morpholine rings is 1. The van der Waals surface area contributed by atoms with E-state index in [1.807, 2.05) is 11.0 Å². The minimum atomic E-state index is 0.0966. The van der Waals surface area contributed by atoms with E-state index < -0.39 is 0 Å². The Labute approximate surface area is 149 Å². The molecule has 0 radical (unpaired) electrons. The Balaban J connectivity index is 1.64.